The molecule has 11 heteroatoms. The lowest BCUT2D eigenvalue weighted by molar-refractivity contribution is -0.131. The van der Waals surface area contributed by atoms with Gasteiger partial charge in [0.1, 0.15) is 23.4 Å². The van der Waals surface area contributed by atoms with Crippen molar-refractivity contribution in [3.05, 3.63) is 69.4 Å². The second-order valence-corrected chi connectivity index (χ2v) is 8.19. The van der Waals surface area contributed by atoms with Crippen molar-refractivity contribution in [2.24, 2.45) is 0 Å². The van der Waals surface area contributed by atoms with Crippen molar-refractivity contribution >= 4 is 22.8 Å². The van der Waals surface area contributed by atoms with Gasteiger partial charge in [0.25, 0.3) is 11.5 Å². The van der Waals surface area contributed by atoms with Crippen LogP contribution in [0.3, 0.4) is 0 Å². The van der Waals surface area contributed by atoms with Gasteiger partial charge in [-0.25, -0.2) is 4.39 Å². The topological polar surface area (TPSA) is 123 Å². The van der Waals surface area contributed by atoms with E-state index in [1.807, 2.05) is 0 Å². The number of ether oxygens (including phenoxy) is 2. The molecule has 0 aliphatic heterocycles. The minimum absolute atomic E-state index is 0.00157. The normalized spacial score (nSPS) is 11.0. The molecule has 0 aliphatic rings. The number of halogens is 1. The first-order valence-electron chi connectivity index (χ1n) is 11.3. The average molecular weight is 501 g/mol. The zero-order valence-electron chi connectivity index (χ0n) is 20.4. The van der Waals surface area contributed by atoms with Crippen LogP contribution in [0.25, 0.3) is 11.0 Å². The van der Waals surface area contributed by atoms with Crippen LogP contribution in [0.15, 0.2) is 41.3 Å². The number of rotatable bonds is 11. The molecule has 0 aliphatic carbocycles. The van der Waals surface area contributed by atoms with Crippen molar-refractivity contribution in [3.63, 3.8) is 0 Å². The average Bonchev–Trinajstić information content (AvgIpc) is 2.86. The molecule has 36 heavy (non-hydrogen) atoms. The van der Waals surface area contributed by atoms with Gasteiger partial charge in [0.15, 0.2) is 5.75 Å². The second-order valence-electron chi connectivity index (χ2n) is 8.19. The van der Waals surface area contributed by atoms with Gasteiger partial charge in [-0.05, 0) is 35.7 Å². The summed E-state index contributed by atoms with van der Waals surface area (Å²) >= 11 is 0. The molecule has 2 amide bonds. The number of carbonyl (C=O) groups excluding carboxylic acids is 2. The molecule has 3 rings (SSSR count). The zero-order chi connectivity index (χ0) is 26.2. The Morgan fingerprint density at radius 1 is 1.14 bits per heavy atom. The van der Waals surface area contributed by atoms with Gasteiger partial charge in [-0.1, -0.05) is 12.1 Å². The van der Waals surface area contributed by atoms with E-state index < -0.39 is 28.7 Å². The summed E-state index contributed by atoms with van der Waals surface area (Å²) in [6, 6.07) is 7.57. The summed E-state index contributed by atoms with van der Waals surface area (Å²) in [5.41, 5.74) is 0.328. The highest BCUT2D eigenvalue weighted by atomic mass is 19.1. The fourth-order valence-electron chi connectivity index (χ4n) is 3.61. The van der Waals surface area contributed by atoms with Gasteiger partial charge in [-0.15, -0.1) is 0 Å². The van der Waals surface area contributed by atoms with Gasteiger partial charge < -0.3 is 24.8 Å². The standard InChI is InChI=1S/C25H29FN4O6/c1-29(9-11-36-3)20(31)15-30-19-13-17(12-16-4-6-18(26)7-5-16)14-28-22(19)23(32)21(25(30)34)24(33)27-8-10-35-2/h4-7,13-14,32H,8-12,15H2,1-3H3,(H,27,33). The number of likely N-dealkylation sites (N-methyl/N-ethyl adjacent to an activating group) is 1. The highest BCUT2D eigenvalue weighted by Gasteiger charge is 2.25. The van der Waals surface area contributed by atoms with Gasteiger partial charge in [-0.2, -0.15) is 0 Å². The summed E-state index contributed by atoms with van der Waals surface area (Å²) < 4.78 is 24.3. The minimum atomic E-state index is -0.829. The molecule has 0 saturated heterocycles. The van der Waals surface area contributed by atoms with Gasteiger partial charge in [0, 0.05) is 40.6 Å². The van der Waals surface area contributed by atoms with E-state index >= 15 is 0 Å². The molecule has 0 unspecified atom stereocenters. The number of fused-ring (bicyclic) bond motifs is 1. The Kier molecular flexibility index (Phi) is 9.09. The van der Waals surface area contributed by atoms with E-state index in [-0.39, 0.29) is 36.5 Å². The molecule has 192 valence electrons. The van der Waals surface area contributed by atoms with Crippen LogP contribution in [0.5, 0.6) is 5.75 Å². The molecule has 2 heterocycles. The number of pyridine rings is 2. The fraction of sp³-hybridized carbons (Fsp3) is 0.360. The van der Waals surface area contributed by atoms with Crippen molar-refractivity contribution < 1.29 is 28.6 Å². The highest BCUT2D eigenvalue weighted by molar-refractivity contribution is 6.01. The van der Waals surface area contributed by atoms with Crippen LogP contribution in [0, 0.1) is 5.82 Å². The van der Waals surface area contributed by atoms with Crippen molar-refractivity contribution in [1.29, 1.82) is 0 Å². The van der Waals surface area contributed by atoms with Crippen molar-refractivity contribution in [3.8, 4) is 5.75 Å². The summed E-state index contributed by atoms with van der Waals surface area (Å²) in [7, 11) is 4.55. The molecule has 0 radical (unpaired) electrons. The molecule has 0 fully saturated rings. The van der Waals surface area contributed by atoms with E-state index in [9.17, 15) is 23.9 Å². The SMILES string of the molecule is COCCNC(=O)c1c(O)c2ncc(Cc3ccc(F)cc3)cc2n(CC(=O)N(C)CCOC)c1=O. The Labute approximate surface area is 207 Å². The molecule has 2 aromatic heterocycles. The molecule has 0 saturated carbocycles. The highest BCUT2D eigenvalue weighted by Crippen LogP contribution is 2.26. The first-order valence-corrected chi connectivity index (χ1v) is 11.3. The second kappa shape index (κ2) is 12.2. The van der Waals surface area contributed by atoms with Gasteiger partial charge in [-0.3, -0.25) is 23.9 Å². The summed E-state index contributed by atoms with van der Waals surface area (Å²) in [4.78, 5) is 44.7. The van der Waals surface area contributed by atoms with Gasteiger partial charge in [0.2, 0.25) is 5.91 Å². The molecule has 3 aromatic rings. The number of carbonyl (C=O) groups is 2. The van der Waals surface area contributed by atoms with Crippen LogP contribution in [0.4, 0.5) is 4.39 Å². The van der Waals surface area contributed by atoms with E-state index in [1.165, 1.54) is 37.4 Å². The number of hydrogen-bond acceptors (Lipinski definition) is 7. The predicted octanol–water partition coefficient (Wildman–Crippen LogP) is 1.31. The maximum absolute atomic E-state index is 13.4. The molecule has 1 aromatic carbocycles. The molecule has 10 nitrogen and oxygen atoms in total. The third kappa shape index (κ3) is 6.23. The molecule has 0 spiro atoms. The number of nitrogens with zero attached hydrogens (tertiary/aromatic N) is 3. The quantitative estimate of drug-likeness (QED) is 0.381. The first kappa shape index (κ1) is 26.8. The van der Waals surface area contributed by atoms with Crippen molar-refractivity contribution in [2.75, 3.05) is 47.6 Å². The van der Waals surface area contributed by atoms with E-state index in [0.29, 0.717) is 25.1 Å². The van der Waals surface area contributed by atoms with Crippen molar-refractivity contribution in [2.45, 2.75) is 13.0 Å². The smallest absolute Gasteiger partial charge is 0.268 e. The Hall–Kier alpha value is -3.83. The van der Waals surface area contributed by atoms with Gasteiger partial charge >= 0.3 is 0 Å². The predicted molar refractivity (Wildman–Crippen MR) is 131 cm³/mol. The monoisotopic (exact) mass is 500 g/mol. The number of amides is 2. The Bertz CT molecular complexity index is 1290. The Morgan fingerprint density at radius 3 is 2.50 bits per heavy atom. The van der Waals surface area contributed by atoms with E-state index in [0.717, 1.165) is 10.1 Å². The fourth-order valence-corrected chi connectivity index (χ4v) is 3.61. The Balaban J connectivity index is 2.09. The van der Waals surface area contributed by atoms with Crippen LogP contribution >= 0.6 is 0 Å². The number of hydrogen-bond donors (Lipinski definition) is 2. The lowest BCUT2D eigenvalue weighted by Crippen LogP contribution is -2.39. The molecule has 0 bridgehead atoms. The maximum atomic E-state index is 13.4. The summed E-state index contributed by atoms with van der Waals surface area (Å²) in [5, 5.41) is 13.3. The molecular weight excluding hydrogens is 471 g/mol. The number of aromatic nitrogens is 2. The maximum Gasteiger partial charge on any atom is 0.268 e. The number of nitrogens with one attached hydrogen (secondary N) is 1. The molecule has 0 atom stereocenters. The van der Waals surface area contributed by atoms with Crippen molar-refractivity contribution in [1.82, 2.24) is 19.8 Å². The van der Waals surface area contributed by atoms with Crippen LogP contribution in [0.2, 0.25) is 0 Å². The third-order valence-corrected chi connectivity index (χ3v) is 5.63. The lowest BCUT2D eigenvalue weighted by atomic mass is 10.1. The molecule has 2 N–H and O–H groups in total. The van der Waals surface area contributed by atoms with E-state index in [1.54, 1.807) is 25.2 Å². The van der Waals surface area contributed by atoms with Gasteiger partial charge in [0.05, 0.1) is 18.7 Å². The third-order valence-electron chi connectivity index (χ3n) is 5.63. The van der Waals surface area contributed by atoms with Crippen LogP contribution < -0.4 is 10.9 Å². The summed E-state index contributed by atoms with van der Waals surface area (Å²) in [6.45, 7) is 0.565. The van der Waals surface area contributed by atoms with Crippen LogP contribution in [-0.2, 0) is 27.2 Å². The number of methoxy groups -OCH3 is 2. The largest absolute Gasteiger partial charge is 0.505 e. The lowest BCUT2D eigenvalue weighted by Gasteiger charge is -2.19. The van der Waals surface area contributed by atoms with E-state index in [4.69, 9.17) is 9.47 Å². The zero-order valence-corrected chi connectivity index (χ0v) is 20.4. The van der Waals surface area contributed by atoms with Crippen LogP contribution in [-0.4, -0.2) is 78.9 Å². The number of benzene rings is 1. The molecular formula is C25H29FN4O6. The summed E-state index contributed by atoms with van der Waals surface area (Å²) in [5.74, 6) is -2.13. The van der Waals surface area contributed by atoms with E-state index in [2.05, 4.69) is 10.3 Å². The number of aromatic hydroxyl groups is 1. The van der Waals surface area contributed by atoms with Crippen LogP contribution in [0.1, 0.15) is 21.5 Å². The summed E-state index contributed by atoms with van der Waals surface area (Å²) in [6.07, 6.45) is 1.87. The minimum Gasteiger partial charge on any atom is -0.505 e. The Morgan fingerprint density at radius 2 is 1.83 bits per heavy atom. The first-order chi connectivity index (χ1) is 17.3.